The number of amides is 1. The maximum Gasteiger partial charge on any atom is 0.313 e. The first-order chi connectivity index (χ1) is 12.0. The quantitative estimate of drug-likeness (QED) is 0.819. The first kappa shape index (κ1) is 17.8. The molecular formula is C18H22N2O4S. The minimum absolute atomic E-state index is 0.0142. The van der Waals surface area contributed by atoms with Gasteiger partial charge in [0.25, 0.3) is 0 Å². The molecule has 2 aromatic rings. The number of rotatable bonds is 7. The Bertz CT molecular complexity index is 742. The van der Waals surface area contributed by atoms with Crippen LogP contribution >= 0.6 is 11.3 Å². The number of aryl methyl sites for hydroxylation is 1. The van der Waals surface area contributed by atoms with E-state index in [0.29, 0.717) is 19.4 Å². The van der Waals surface area contributed by atoms with Crippen LogP contribution in [0.3, 0.4) is 0 Å². The molecule has 25 heavy (non-hydrogen) atoms. The Morgan fingerprint density at radius 3 is 2.92 bits per heavy atom. The predicted octanol–water partition coefficient (Wildman–Crippen LogP) is 2.57. The van der Waals surface area contributed by atoms with Crippen molar-refractivity contribution in [3.8, 4) is 0 Å². The third-order valence-electron chi connectivity index (χ3n) is 4.70. The van der Waals surface area contributed by atoms with Crippen molar-refractivity contribution < 1.29 is 19.4 Å². The van der Waals surface area contributed by atoms with E-state index in [1.54, 1.807) is 16.2 Å². The molecule has 0 aliphatic carbocycles. The molecule has 134 valence electrons. The van der Waals surface area contributed by atoms with Crippen LogP contribution in [0.5, 0.6) is 0 Å². The molecule has 2 heterocycles. The molecule has 0 saturated carbocycles. The molecular weight excluding hydrogens is 340 g/mol. The summed E-state index contributed by atoms with van der Waals surface area (Å²) in [7, 11) is 1.49. The number of aliphatic carboxylic acids is 1. The molecule has 1 saturated heterocycles. The van der Waals surface area contributed by atoms with Crippen LogP contribution in [0, 0.1) is 5.41 Å². The van der Waals surface area contributed by atoms with Gasteiger partial charge in [-0.3, -0.25) is 9.59 Å². The Morgan fingerprint density at radius 2 is 2.20 bits per heavy atom. The maximum absolute atomic E-state index is 12.4. The van der Waals surface area contributed by atoms with Crippen LogP contribution in [0.4, 0.5) is 0 Å². The third kappa shape index (κ3) is 3.82. The number of carboxylic acids is 1. The molecule has 1 aliphatic heterocycles. The summed E-state index contributed by atoms with van der Waals surface area (Å²) in [5.74, 6) is -0.875. The number of nitrogens with zero attached hydrogens (tertiary/aromatic N) is 2. The van der Waals surface area contributed by atoms with Crippen molar-refractivity contribution in [1.29, 1.82) is 0 Å². The summed E-state index contributed by atoms with van der Waals surface area (Å²) in [6, 6.07) is 8.01. The number of para-hydroxylation sites is 1. The molecule has 1 aromatic carbocycles. The molecule has 1 atom stereocenters. The van der Waals surface area contributed by atoms with Gasteiger partial charge in [0.2, 0.25) is 5.91 Å². The predicted molar refractivity (Wildman–Crippen MR) is 95.7 cm³/mol. The van der Waals surface area contributed by atoms with Crippen LogP contribution in [0.25, 0.3) is 10.2 Å². The van der Waals surface area contributed by atoms with E-state index in [0.717, 1.165) is 28.1 Å². The Hall–Kier alpha value is -1.99. The number of hydrogen-bond donors (Lipinski definition) is 1. The summed E-state index contributed by atoms with van der Waals surface area (Å²) >= 11 is 1.66. The average Bonchev–Trinajstić information content (AvgIpc) is 3.19. The van der Waals surface area contributed by atoms with Crippen LogP contribution in [-0.2, 0) is 20.7 Å². The van der Waals surface area contributed by atoms with E-state index in [1.165, 1.54) is 7.11 Å². The molecule has 1 unspecified atom stereocenters. The molecule has 0 bridgehead atoms. The fourth-order valence-corrected chi connectivity index (χ4v) is 4.30. The summed E-state index contributed by atoms with van der Waals surface area (Å²) in [5.41, 5.74) is 0.0384. The lowest BCUT2D eigenvalue weighted by atomic mass is 9.88. The van der Waals surface area contributed by atoms with Crippen LogP contribution in [-0.4, -0.2) is 53.7 Å². The number of methoxy groups -OCH3 is 1. The van der Waals surface area contributed by atoms with E-state index >= 15 is 0 Å². The highest BCUT2D eigenvalue weighted by atomic mass is 32.1. The Morgan fingerprint density at radius 1 is 1.40 bits per heavy atom. The zero-order valence-corrected chi connectivity index (χ0v) is 15.1. The summed E-state index contributed by atoms with van der Waals surface area (Å²) in [4.78, 5) is 30.2. The summed E-state index contributed by atoms with van der Waals surface area (Å²) in [5, 5.41) is 10.5. The number of carbonyl (C=O) groups is 2. The smallest absolute Gasteiger partial charge is 0.313 e. The average molecular weight is 362 g/mol. The molecule has 3 rings (SSSR count). The van der Waals surface area contributed by atoms with Crippen molar-refractivity contribution >= 4 is 33.4 Å². The Balaban J connectivity index is 1.52. The zero-order valence-electron chi connectivity index (χ0n) is 14.2. The first-order valence-electron chi connectivity index (χ1n) is 8.39. The number of hydrogen-bond acceptors (Lipinski definition) is 5. The highest BCUT2D eigenvalue weighted by Crippen LogP contribution is 2.32. The number of ether oxygens (including phenoxy) is 1. The molecule has 1 fully saturated rings. The maximum atomic E-state index is 12.4. The third-order valence-corrected chi connectivity index (χ3v) is 5.80. The van der Waals surface area contributed by atoms with Crippen molar-refractivity contribution in [3.05, 3.63) is 29.3 Å². The molecule has 1 aliphatic rings. The molecule has 1 aromatic heterocycles. The van der Waals surface area contributed by atoms with Gasteiger partial charge in [0, 0.05) is 26.6 Å². The molecule has 1 amide bonds. The van der Waals surface area contributed by atoms with E-state index in [9.17, 15) is 14.7 Å². The van der Waals surface area contributed by atoms with Gasteiger partial charge in [-0.15, -0.1) is 11.3 Å². The van der Waals surface area contributed by atoms with Crippen LogP contribution < -0.4 is 0 Å². The summed E-state index contributed by atoms with van der Waals surface area (Å²) in [6.07, 6.45) is 2.35. The van der Waals surface area contributed by atoms with Crippen molar-refractivity contribution in [1.82, 2.24) is 9.88 Å². The SMILES string of the molecule is COCC1(C(=O)O)CCN(C(=O)CCCc2nc3ccccc3s2)C1. The van der Waals surface area contributed by atoms with Crippen LogP contribution in [0.15, 0.2) is 24.3 Å². The molecule has 1 N–H and O–H groups in total. The lowest BCUT2D eigenvalue weighted by molar-refractivity contribution is -0.151. The lowest BCUT2D eigenvalue weighted by Gasteiger charge is -2.23. The highest BCUT2D eigenvalue weighted by Gasteiger charge is 2.46. The van der Waals surface area contributed by atoms with Gasteiger partial charge in [-0.05, 0) is 31.4 Å². The van der Waals surface area contributed by atoms with Crippen molar-refractivity contribution in [2.75, 3.05) is 26.8 Å². The largest absolute Gasteiger partial charge is 0.481 e. The Labute approximate surface area is 150 Å². The first-order valence-corrected chi connectivity index (χ1v) is 9.20. The number of likely N-dealkylation sites (tertiary alicyclic amines) is 1. The van der Waals surface area contributed by atoms with Gasteiger partial charge >= 0.3 is 5.97 Å². The van der Waals surface area contributed by atoms with Crippen LogP contribution in [0.2, 0.25) is 0 Å². The number of carboxylic acid groups (broad SMARTS) is 1. The van der Waals surface area contributed by atoms with E-state index in [4.69, 9.17) is 4.74 Å². The van der Waals surface area contributed by atoms with Crippen molar-refractivity contribution in [3.63, 3.8) is 0 Å². The number of carbonyl (C=O) groups excluding carboxylic acids is 1. The van der Waals surface area contributed by atoms with E-state index in [-0.39, 0.29) is 19.1 Å². The van der Waals surface area contributed by atoms with Gasteiger partial charge in [0.15, 0.2) is 0 Å². The number of thiazole rings is 1. The fraction of sp³-hybridized carbons (Fsp3) is 0.500. The number of benzene rings is 1. The van der Waals surface area contributed by atoms with E-state index in [2.05, 4.69) is 4.98 Å². The monoisotopic (exact) mass is 362 g/mol. The number of aromatic nitrogens is 1. The van der Waals surface area contributed by atoms with E-state index in [1.807, 2.05) is 24.3 Å². The van der Waals surface area contributed by atoms with Gasteiger partial charge in [0.1, 0.15) is 5.41 Å². The van der Waals surface area contributed by atoms with Gasteiger partial charge in [0.05, 0.1) is 21.8 Å². The van der Waals surface area contributed by atoms with Crippen molar-refractivity contribution in [2.24, 2.45) is 5.41 Å². The lowest BCUT2D eigenvalue weighted by Crippen LogP contribution is -2.40. The van der Waals surface area contributed by atoms with Gasteiger partial charge in [-0.1, -0.05) is 12.1 Å². The van der Waals surface area contributed by atoms with Gasteiger partial charge < -0.3 is 14.7 Å². The standard InChI is InChI=1S/C18H22N2O4S/c1-24-12-18(17(22)23)9-10-20(11-18)16(21)8-4-7-15-19-13-5-2-3-6-14(13)25-15/h2-3,5-6H,4,7-12H2,1H3,(H,22,23). The second kappa shape index (κ2) is 7.49. The van der Waals surface area contributed by atoms with E-state index < -0.39 is 11.4 Å². The fourth-order valence-electron chi connectivity index (χ4n) is 3.29. The minimum atomic E-state index is -0.961. The Kier molecular flexibility index (Phi) is 5.34. The summed E-state index contributed by atoms with van der Waals surface area (Å²) in [6.45, 7) is 0.851. The number of fused-ring (bicyclic) bond motifs is 1. The molecule has 0 radical (unpaired) electrons. The molecule has 6 nitrogen and oxygen atoms in total. The minimum Gasteiger partial charge on any atom is -0.481 e. The molecule has 7 heteroatoms. The van der Waals surface area contributed by atoms with Crippen LogP contribution in [0.1, 0.15) is 24.3 Å². The second-order valence-corrected chi connectivity index (χ2v) is 7.63. The van der Waals surface area contributed by atoms with Crippen molar-refractivity contribution in [2.45, 2.75) is 25.7 Å². The molecule has 0 spiro atoms. The second-order valence-electron chi connectivity index (χ2n) is 6.51. The van der Waals surface area contributed by atoms with Gasteiger partial charge in [-0.2, -0.15) is 0 Å². The normalized spacial score (nSPS) is 20.3. The summed E-state index contributed by atoms with van der Waals surface area (Å²) < 4.78 is 6.22. The highest BCUT2D eigenvalue weighted by molar-refractivity contribution is 7.18. The topological polar surface area (TPSA) is 79.7 Å². The van der Waals surface area contributed by atoms with Gasteiger partial charge in [-0.25, -0.2) is 4.98 Å². The zero-order chi connectivity index (χ0) is 17.9.